The van der Waals surface area contributed by atoms with Crippen molar-refractivity contribution in [1.82, 2.24) is 4.31 Å². The molecule has 0 atom stereocenters. The van der Waals surface area contributed by atoms with Gasteiger partial charge in [-0.3, -0.25) is 4.79 Å². The van der Waals surface area contributed by atoms with E-state index in [2.05, 4.69) is 21.2 Å². The number of nitrogens with one attached hydrogen (secondary N) is 1. The minimum Gasteiger partial charge on any atom is -0.324 e. The Balaban J connectivity index is 1.92. The molecule has 1 N–H and O–H groups in total. The molecular weight excluding hydrogens is 580 g/mol. The van der Waals surface area contributed by atoms with Gasteiger partial charge in [0.25, 0.3) is 0 Å². The van der Waals surface area contributed by atoms with Gasteiger partial charge in [-0.05, 0) is 60.2 Å². The van der Waals surface area contributed by atoms with Crippen LogP contribution in [0.5, 0.6) is 0 Å². The van der Waals surface area contributed by atoms with Crippen molar-refractivity contribution in [2.24, 2.45) is 0 Å². The minimum absolute atomic E-state index is 0.0834. The number of rotatable bonds is 7. The van der Waals surface area contributed by atoms with E-state index in [0.29, 0.717) is 21.1 Å². The molecule has 0 radical (unpaired) electrons. The largest absolute Gasteiger partial charge is 0.418 e. The van der Waals surface area contributed by atoms with Gasteiger partial charge in [-0.2, -0.15) is 17.5 Å². The molecule has 0 saturated carbocycles. The van der Waals surface area contributed by atoms with E-state index in [1.165, 1.54) is 30.3 Å². The fraction of sp³-hybridized carbons (Fsp3) is 0.136. The zero-order valence-electron chi connectivity index (χ0n) is 17.1. The molecule has 5 nitrogen and oxygen atoms in total. The third kappa shape index (κ3) is 6.73. The monoisotopic (exact) mass is 594 g/mol. The maximum atomic E-state index is 13.4. The molecule has 0 saturated heterocycles. The highest BCUT2D eigenvalue weighted by molar-refractivity contribution is 9.10. The molecule has 34 heavy (non-hydrogen) atoms. The van der Waals surface area contributed by atoms with E-state index in [-0.39, 0.29) is 16.5 Å². The summed E-state index contributed by atoms with van der Waals surface area (Å²) in [6.07, 6.45) is -4.78. The Bertz CT molecular complexity index is 1290. The van der Waals surface area contributed by atoms with Gasteiger partial charge in [0.05, 0.1) is 22.7 Å². The number of halogens is 6. The lowest BCUT2D eigenvalue weighted by molar-refractivity contribution is -0.137. The second-order valence-corrected chi connectivity index (χ2v) is 10.8. The number of nitrogens with zero attached hydrogens (tertiary/aromatic N) is 1. The zero-order chi connectivity index (χ0) is 25.1. The fourth-order valence-electron chi connectivity index (χ4n) is 2.98. The molecule has 0 aliphatic rings. The van der Waals surface area contributed by atoms with Crippen LogP contribution in [0.4, 0.5) is 18.9 Å². The average molecular weight is 596 g/mol. The number of carbonyl (C=O) groups is 1. The summed E-state index contributed by atoms with van der Waals surface area (Å²) < 4.78 is 68.2. The molecule has 1 amide bonds. The van der Waals surface area contributed by atoms with Gasteiger partial charge in [-0.15, -0.1) is 0 Å². The summed E-state index contributed by atoms with van der Waals surface area (Å²) in [5.41, 5.74) is -1.15. The minimum atomic E-state index is -4.78. The summed E-state index contributed by atoms with van der Waals surface area (Å²) in [4.78, 5) is 12.6. The van der Waals surface area contributed by atoms with Crippen LogP contribution < -0.4 is 5.32 Å². The van der Waals surface area contributed by atoms with Gasteiger partial charge < -0.3 is 5.32 Å². The van der Waals surface area contributed by atoms with Crippen molar-refractivity contribution in [1.29, 1.82) is 0 Å². The number of hydrogen-bond donors (Lipinski definition) is 1. The van der Waals surface area contributed by atoms with Crippen molar-refractivity contribution >= 4 is 60.7 Å². The summed E-state index contributed by atoms with van der Waals surface area (Å²) in [6.45, 7) is -0.948. The fourth-order valence-corrected chi connectivity index (χ4v) is 4.93. The molecule has 0 aliphatic heterocycles. The highest BCUT2D eigenvalue weighted by atomic mass is 79.9. The van der Waals surface area contributed by atoms with Crippen LogP contribution in [0.15, 0.2) is 76.1 Å². The lowest BCUT2D eigenvalue weighted by atomic mass is 10.1. The van der Waals surface area contributed by atoms with Gasteiger partial charge >= 0.3 is 6.18 Å². The van der Waals surface area contributed by atoms with Crippen LogP contribution in [-0.2, 0) is 27.5 Å². The number of anilines is 1. The van der Waals surface area contributed by atoms with E-state index >= 15 is 0 Å². The highest BCUT2D eigenvalue weighted by Gasteiger charge is 2.35. The van der Waals surface area contributed by atoms with E-state index in [1.54, 1.807) is 24.3 Å². The first-order chi connectivity index (χ1) is 15.9. The van der Waals surface area contributed by atoms with Crippen LogP contribution in [0.3, 0.4) is 0 Å². The zero-order valence-corrected chi connectivity index (χ0v) is 21.0. The van der Waals surface area contributed by atoms with Crippen LogP contribution in [0, 0.1) is 0 Å². The van der Waals surface area contributed by atoms with Gasteiger partial charge in [0.1, 0.15) is 0 Å². The van der Waals surface area contributed by atoms with Crippen molar-refractivity contribution in [2.45, 2.75) is 17.6 Å². The Morgan fingerprint density at radius 1 is 0.941 bits per heavy atom. The molecule has 3 aromatic carbocycles. The lowest BCUT2D eigenvalue weighted by Gasteiger charge is -2.23. The molecule has 3 rings (SSSR count). The van der Waals surface area contributed by atoms with Crippen molar-refractivity contribution < 1.29 is 26.4 Å². The molecule has 0 aliphatic carbocycles. The van der Waals surface area contributed by atoms with E-state index in [0.717, 1.165) is 10.4 Å². The predicted molar refractivity (Wildman–Crippen MR) is 128 cm³/mol. The third-order valence-corrected chi connectivity index (χ3v) is 7.43. The summed E-state index contributed by atoms with van der Waals surface area (Å²) in [5, 5.41) is 2.43. The van der Waals surface area contributed by atoms with E-state index in [9.17, 15) is 26.4 Å². The number of benzene rings is 3. The second kappa shape index (κ2) is 10.7. The Hall–Kier alpha value is -2.11. The summed E-state index contributed by atoms with van der Waals surface area (Å²) >= 11 is 14.8. The first kappa shape index (κ1) is 26.5. The summed E-state index contributed by atoms with van der Waals surface area (Å²) in [5.74, 6) is -0.956. The number of amides is 1. The molecule has 0 heterocycles. The molecular formula is C22H16BrCl2F3N2O3S. The normalized spacial score (nSPS) is 12.1. The highest BCUT2D eigenvalue weighted by Crippen LogP contribution is 2.36. The standard InChI is InChI=1S/C22H16BrCl2F3N2O3S/c23-15-3-8-18(9-4-15)34(32,33)30(12-14-1-5-16(24)6-2-14)13-21(31)29-20-10-7-17(25)11-19(20)22(26,27)28/h1-11H,12-13H2,(H,29,31). The Morgan fingerprint density at radius 2 is 1.53 bits per heavy atom. The molecule has 3 aromatic rings. The molecule has 12 heteroatoms. The number of hydrogen-bond acceptors (Lipinski definition) is 3. The van der Waals surface area contributed by atoms with Gasteiger partial charge in [-0.25, -0.2) is 8.42 Å². The van der Waals surface area contributed by atoms with Gasteiger partial charge in [0.2, 0.25) is 15.9 Å². The van der Waals surface area contributed by atoms with Gasteiger partial charge in [0, 0.05) is 21.1 Å². The topological polar surface area (TPSA) is 66.5 Å². The summed E-state index contributed by atoms with van der Waals surface area (Å²) in [6, 6.07) is 14.9. The maximum absolute atomic E-state index is 13.4. The molecule has 0 fully saturated rings. The second-order valence-electron chi connectivity index (χ2n) is 7.09. The SMILES string of the molecule is O=C(CN(Cc1ccc(Cl)cc1)S(=O)(=O)c1ccc(Br)cc1)Nc1ccc(Cl)cc1C(F)(F)F. The van der Waals surface area contributed by atoms with E-state index in [1.807, 2.05) is 0 Å². The van der Waals surface area contributed by atoms with Crippen LogP contribution in [0.1, 0.15) is 11.1 Å². The Kier molecular flexibility index (Phi) is 8.30. The van der Waals surface area contributed by atoms with Crippen LogP contribution in [-0.4, -0.2) is 25.2 Å². The van der Waals surface area contributed by atoms with Crippen molar-refractivity contribution in [3.05, 3.63) is 92.4 Å². The molecule has 0 spiro atoms. The van der Waals surface area contributed by atoms with Crippen molar-refractivity contribution in [3.8, 4) is 0 Å². The van der Waals surface area contributed by atoms with Crippen LogP contribution in [0.25, 0.3) is 0 Å². The Morgan fingerprint density at radius 3 is 2.12 bits per heavy atom. The molecule has 0 unspecified atom stereocenters. The van der Waals surface area contributed by atoms with Gasteiger partial charge in [-0.1, -0.05) is 51.3 Å². The predicted octanol–water partition coefficient (Wildman–Crippen LogP) is 6.60. The maximum Gasteiger partial charge on any atom is 0.418 e. The quantitative estimate of drug-likeness (QED) is 0.334. The van der Waals surface area contributed by atoms with E-state index in [4.69, 9.17) is 23.2 Å². The third-order valence-electron chi connectivity index (χ3n) is 4.60. The number of alkyl halides is 3. The van der Waals surface area contributed by atoms with Crippen molar-refractivity contribution in [3.63, 3.8) is 0 Å². The van der Waals surface area contributed by atoms with Crippen LogP contribution in [0.2, 0.25) is 10.0 Å². The summed E-state index contributed by atoms with van der Waals surface area (Å²) in [7, 11) is -4.18. The number of sulfonamides is 1. The first-order valence-electron chi connectivity index (χ1n) is 9.53. The molecule has 0 bridgehead atoms. The molecule has 0 aromatic heterocycles. The first-order valence-corrected chi connectivity index (χ1v) is 12.5. The van der Waals surface area contributed by atoms with E-state index < -0.39 is 39.9 Å². The average Bonchev–Trinajstić information content (AvgIpc) is 2.75. The van der Waals surface area contributed by atoms with Gasteiger partial charge in [0.15, 0.2) is 0 Å². The smallest absolute Gasteiger partial charge is 0.324 e. The van der Waals surface area contributed by atoms with Crippen molar-refractivity contribution in [2.75, 3.05) is 11.9 Å². The number of carbonyl (C=O) groups excluding carboxylic acids is 1. The lowest BCUT2D eigenvalue weighted by Crippen LogP contribution is -2.37. The van der Waals surface area contributed by atoms with Crippen LogP contribution >= 0.6 is 39.1 Å². The Labute approximate surface area is 212 Å². The molecule has 180 valence electrons.